The molecule has 7 nitrogen and oxygen atoms in total. The number of nitrogens with two attached hydrogens (primary N) is 1. The molecule has 1 saturated heterocycles. The summed E-state index contributed by atoms with van der Waals surface area (Å²) in [5.74, 6) is -1.07. The van der Waals surface area contributed by atoms with E-state index in [-0.39, 0.29) is 22.5 Å². The first-order chi connectivity index (χ1) is 12.4. The third-order valence-corrected chi connectivity index (χ3v) is 4.30. The van der Waals surface area contributed by atoms with Crippen LogP contribution in [0.3, 0.4) is 0 Å². The number of rotatable bonds is 5. The van der Waals surface area contributed by atoms with Crippen LogP contribution in [0.1, 0.15) is 19.8 Å². The number of nitrogen functional groups attached to an aromatic ring is 1. The van der Waals surface area contributed by atoms with Gasteiger partial charge in [0, 0.05) is 25.0 Å². The molecular weight excluding hydrogens is 356 g/mol. The summed E-state index contributed by atoms with van der Waals surface area (Å²) >= 11 is 6.04. The maximum absolute atomic E-state index is 12.4. The van der Waals surface area contributed by atoms with Crippen LogP contribution in [0.5, 0.6) is 0 Å². The zero-order valence-corrected chi connectivity index (χ0v) is 15.3. The molecule has 1 fully saturated rings. The third-order valence-electron chi connectivity index (χ3n) is 3.99. The third kappa shape index (κ3) is 5.14. The molecule has 2 rings (SSSR count). The second-order valence-electron chi connectivity index (χ2n) is 5.93. The first-order valence-electron chi connectivity index (χ1n) is 8.33. The van der Waals surface area contributed by atoms with Crippen LogP contribution in [0.2, 0.25) is 5.02 Å². The summed E-state index contributed by atoms with van der Waals surface area (Å²) in [4.78, 5) is 26.1. The van der Waals surface area contributed by atoms with Crippen LogP contribution in [0, 0.1) is 17.2 Å². The minimum Gasteiger partial charge on any atom is -0.466 e. The molecule has 1 aliphatic rings. The normalized spacial score (nSPS) is 17.3. The van der Waals surface area contributed by atoms with E-state index in [1.807, 2.05) is 6.07 Å². The number of ether oxygens (including phenoxy) is 1. The van der Waals surface area contributed by atoms with Crippen molar-refractivity contribution in [2.24, 2.45) is 5.92 Å². The SMILES string of the molecule is CCOC(=O)C1CCCN(/C=C(/C#N)C(=O)Nc2ccc(N)cc2Cl)C1. The molecule has 0 aliphatic carbocycles. The smallest absolute Gasteiger partial charge is 0.310 e. The van der Waals surface area contributed by atoms with Crippen molar-refractivity contribution in [1.29, 1.82) is 5.26 Å². The molecular formula is C18H21ClN4O3. The maximum Gasteiger partial charge on any atom is 0.310 e. The van der Waals surface area contributed by atoms with Gasteiger partial charge in [0.25, 0.3) is 5.91 Å². The number of halogens is 1. The van der Waals surface area contributed by atoms with Crippen molar-refractivity contribution >= 4 is 34.9 Å². The molecule has 1 unspecified atom stereocenters. The predicted molar refractivity (Wildman–Crippen MR) is 99.1 cm³/mol. The van der Waals surface area contributed by atoms with Crippen molar-refractivity contribution in [2.45, 2.75) is 19.8 Å². The van der Waals surface area contributed by atoms with Gasteiger partial charge in [0.05, 0.1) is 23.2 Å². The van der Waals surface area contributed by atoms with Gasteiger partial charge in [0.2, 0.25) is 0 Å². The Morgan fingerprint density at radius 1 is 1.54 bits per heavy atom. The Morgan fingerprint density at radius 2 is 2.31 bits per heavy atom. The molecule has 138 valence electrons. The van der Waals surface area contributed by atoms with Gasteiger partial charge in [-0.1, -0.05) is 11.6 Å². The van der Waals surface area contributed by atoms with Crippen LogP contribution >= 0.6 is 11.6 Å². The van der Waals surface area contributed by atoms with Crippen molar-refractivity contribution < 1.29 is 14.3 Å². The highest BCUT2D eigenvalue weighted by molar-refractivity contribution is 6.34. The minimum atomic E-state index is -0.572. The number of hydrogen-bond donors (Lipinski definition) is 2. The summed E-state index contributed by atoms with van der Waals surface area (Å²) in [6.45, 7) is 3.18. The molecule has 1 aromatic carbocycles. The lowest BCUT2D eigenvalue weighted by Gasteiger charge is -2.30. The number of nitriles is 1. The van der Waals surface area contributed by atoms with Crippen LogP contribution in [0.25, 0.3) is 0 Å². The van der Waals surface area contributed by atoms with Crippen molar-refractivity contribution in [3.63, 3.8) is 0 Å². The largest absolute Gasteiger partial charge is 0.466 e. The van der Waals surface area contributed by atoms with Gasteiger partial charge in [-0.05, 0) is 38.0 Å². The van der Waals surface area contributed by atoms with Crippen molar-refractivity contribution in [1.82, 2.24) is 4.90 Å². The average Bonchev–Trinajstić information content (AvgIpc) is 2.62. The number of likely N-dealkylation sites (tertiary alicyclic amines) is 1. The van der Waals surface area contributed by atoms with E-state index in [4.69, 9.17) is 22.1 Å². The zero-order valence-electron chi connectivity index (χ0n) is 14.5. The van der Waals surface area contributed by atoms with Gasteiger partial charge in [-0.2, -0.15) is 5.26 Å². The minimum absolute atomic E-state index is 0.0672. The Labute approximate surface area is 157 Å². The quantitative estimate of drug-likeness (QED) is 0.354. The van der Waals surface area contributed by atoms with E-state index in [2.05, 4.69) is 5.32 Å². The highest BCUT2D eigenvalue weighted by Gasteiger charge is 2.26. The standard InChI is InChI=1S/C18H21ClN4O3/c1-2-26-18(25)12-4-3-7-23(10-12)11-13(9-20)17(24)22-16-6-5-14(21)8-15(16)19/h5-6,8,11-12H,2-4,7,10,21H2,1H3,(H,22,24)/b13-11-. The van der Waals surface area contributed by atoms with Crippen molar-refractivity contribution in [3.05, 3.63) is 35.0 Å². The Kier molecular flexibility index (Phi) is 6.87. The van der Waals surface area contributed by atoms with Crippen molar-refractivity contribution in [2.75, 3.05) is 30.7 Å². The fourth-order valence-corrected chi connectivity index (χ4v) is 2.96. The van der Waals surface area contributed by atoms with E-state index in [0.717, 1.165) is 12.8 Å². The van der Waals surface area contributed by atoms with Crippen LogP contribution in [-0.2, 0) is 14.3 Å². The fourth-order valence-electron chi connectivity index (χ4n) is 2.72. The van der Waals surface area contributed by atoms with E-state index in [0.29, 0.717) is 31.1 Å². The lowest BCUT2D eigenvalue weighted by Crippen LogP contribution is -2.37. The summed E-state index contributed by atoms with van der Waals surface area (Å²) in [5, 5.41) is 12.2. The number of anilines is 2. The molecule has 0 spiro atoms. The molecule has 1 atom stereocenters. The number of carbonyl (C=O) groups is 2. The highest BCUT2D eigenvalue weighted by Crippen LogP contribution is 2.25. The van der Waals surface area contributed by atoms with E-state index >= 15 is 0 Å². The number of esters is 1. The number of nitrogens with one attached hydrogen (secondary N) is 1. The Balaban J connectivity index is 2.07. The number of nitrogens with zero attached hydrogens (tertiary/aromatic N) is 2. The molecule has 0 saturated carbocycles. The predicted octanol–water partition coefficient (Wildman–Crippen LogP) is 2.54. The molecule has 0 radical (unpaired) electrons. The van der Waals surface area contributed by atoms with Crippen molar-refractivity contribution in [3.8, 4) is 6.07 Å². The fraction of sp³-hybridized carbons (Fsp3) is 0.389. The molecule has 8 heteroatoms. The van der Waals surface area contributed by atoms with Gasteiger partial charge in [0.15, 0.2) is 0 Å². The van der Waals surface area contributed by atoms with Gasteiger partial charge in [0.1, 0.15) is 11.6 Å². The number of benzene rings is 1. The molecule has 1 aromatic rings. The van der Waals surface area contributed by atoms with Gasteiger partial charge in [-0.15, -0.1) is 0 Å². The number of carbonyl (C=O) groups excluding carboxylic acids is 2. The Hall–Kier alpha value is -2.72. The van der Waals surface area contributed by atoms with Crippen LogP contribution in [0.15, 0.2) is 30.0 Å². The van der Waals surface area contributed by atoms with E-state index in [1.165, 1.54) is 12.3 Å². The zero-order chi connectivity index (χ0) is 19.1. The van der Waals surface area contributed by atoms with Crippen LogP contribution in [-0.4, -0.2) is 36.5 Å². The van der Waals surface area contributed by atoms with E-state index in [9.17, 15) is 14.9 Å². The monoisotopic (exact) mass is 376 g/mol. The van der Waals surface area contributed by atoms with Gasteiger partial charge in [-0.25, -0.2) is 0 Å². The maximum atomic E-state index is 12.4. The van der Waals surface area contributed by atoms with E-state index in [1.54, 1.807) is 24.0 Å². The summed E-state index contributed by atoms with van der Waals surface area (Å²) in [5.41, 5.74) is 6.40. The molecule has 0 aromatic heterocycles. The number of amides is 1. The Morgan fingerprint density at radius 3 is 2.96 bits per heavy atom. The highest BCUT2D eigenvalue weighted by atomic mass is 35.5. The van der Waals surface area contributed by atoms with Gasteiger partial charge < -0.3 is 20.7 Å². The first-order valence-corrected chi connectivity index (χ1v) is 8.71. The summed E-state index contributed by atoms with van der Waals surface area (Å²) < 4.78 is 5.05. The topological polar surface area (TPSA) is 108 Å². The lowest BCUT2D eigenvalue weighted by molar-refractivity contribution is -0.149. The molecule has 1 heterocycles. The second-order valence-corrected chi connectivity index (χ2v) is 6.34. The molecule has 1 aliphatic heterocycles. The van der Waals surface area contributed by atoms with Crippen LogP contribution in [0.4, 0.5) is 11.4 Å². The van der Waals surface area contributed by atoms with Gasteiger partial charge in [-0.3, -0.25) is 9.59 Å². The molecule has 26 heavy (non-hydrogen) atoms. The molecule has 3 N–H and O–H groups in total. The summed E-state index contributed by atoms with van der Waals surface area (Å²) in [7, 11) is 0. The summed E-state index contributed by atoms with van der Waals surface area (Å²) in [6.07, 6.45) is 2.99. The first kappa shape index (κ1) is 19.6. The lowest BCUT2D eigenvalue weighted by atomic mass is 9.98. The second kappa shape index (κ2) is 9.11. The van der Waals surface area contributed by atoms with E-state index < -0.39 is 5.91 Å². The number of piperidine rings is 1. The van der Waals surface area contributed by atoms with Crippen LogP contribution < -0.4 is 11.1 Å². The Bertz CT molecular complexity index is 757. The van der Waals surface area contributed by atoms with Gasteiger partial charge >= 0.3 is 5.97 Å². The molecule has 1 amide bonds. The summed E-state index contributed by atoms with van der Waals surface area (Å²) in [6, 6.07) is 6.58. The average molecular weight is 377 g/mol. The molecule has 0 bridgehead atoms. The number of hydrogen-bond acceptors (Lipinski definition) is 6.